The van der Waals surface area contributed by atoms with Gasteiger partial charge in [0.15, 0.2) is 0 Å². The summed E-state index contributed by atoms with van der Waals surface area (Å²) in [7, 11) is 0. The third-order valence-electron chi connectivity index (χ3n) is 5.21. The molecule has 27 heavy (non-hydrogen) atoms. The number of anilines is 1. The van der Waals surface area contributed by atoms with Crippen molar-refractivity contribution in [1.82, 2.24) is 4.90 Å². The normalized spacial score (nSPS) is 16.3. The van der Waals surface area contributed by atoms with E-state index >= 15 is 0 Å². The average molecular weight is 367 g/mol. The predicted molar refractivity (Wildman–Crippen MR) is 110 cm³/mol. The highest BCUT2D eigenvalue weighted by atomic mass is 16.5. The molecule has 0 aromatic heterocycles. The molecule has 2 aromatic carbocycles. The largest absolute Gasteiger partial charge is 0.376 e. The van der Waals surface area contributed by atoms with Crippen molar-refractivity contribution >= 4 is 11.7 Å². The van der Waals surface area contributed by atoms with Gasteiger partial charge in [0, 0.05) is 25.4 Å². The minimum absolute atomic E-state index is 0.0688. The van der Waals surface area contributed by atoms with Gasteiger partial charge in [0.2, 0.25) is 0 Å². The third kappa shape index (κ3) is 5.33. The van der Waals surface area contributed by atoms with Crippen molar-refractivity contribution in [1.29, 1.82) is 0 Å². The van der Waals surface area contributed by atoms with Crippen LogP contribution in [-0.2, 0) is 24.1 Å². The summed E-state index contributed by atoms with van der Waals surface area (Å²) >= 11 is 0. The van der Waals surface area contributed by atoms with Crippen molar-refractivity contribution in [2.45, 2.75) is 52.2 Å². The van der Waals surface area contributed by atoms with Gasteiger partial charge in [0.1, 0.15) is 0 Å². The van der Waals surface area contributed by atoms with Gasteiger partial charge in [-0.1, -0.05) is 50.2 Å². The van der Waals surface area contributed by atoms with Crippen LogP contribution in [0.4, 0.5) is 10.5 Å². The molecule has 1 atom stereocenters. The molecule has 1 saturated heterocycles. The summed E-state index contributed by atoms with van der Waals surface area (Å²) in [6.07, 6.45) is 4.18. The minimum Gasteiger partial charge on any atom is -0.376 e. The predicted octanol–water partition coefficient (Wildman–Crippen LogP) is 5.02. The monoisotopic (exact) mass is 366 g/mol. The number of nitrogens with zero attached hydrogens (tertiary/aromatic N) is 1. The molecule has 0 aliphatic carbocycles. The maximum atomic E-state index is 13.0. The van der Waals surface area contributed by atoms with Gasteiger partial charge in [-0.15, -0.1) is 0 Å². The Morgan fingerprint density at radius 2 is 1.81 bits per heavy atom. The summed E-state index contributed by atoms with van der Waals surface area (Å²) in [5.41, 5.74) is 4.59. The number of ether oxygens (including phenoxy) is 1. The maximum Gasteiger partial charge on any atom is 0.322 e. The van der Waals surface area contributed by atoms with Crippen LogP contribution in [0.1, 0.15) is 43.4 Å². The number of amides is 2. The number of hydrogen-bond donors (Lipinski definition) is 1. The van der Waals surface area contributed by atoms with Crippen LogP contribution in [0.15, 0.2) is 48.5 Å². The van der Waals surface area contributed by atoms with Gasteiger partial charge in [-0.05, 0) is 54.5 Å². The van der Waals surface area contributed by atoms with Crippen LogP contribution in [0.3, 0.4) is 0 Å². The van der Waals surface area contributed by atoms with Gasteiger partial charge in [0.05, 0.1) is 6.10 Å². The van der Waals surface area contributed by atoms with Crippen LogP contribution in [0.2, 0.25) is 0 Å². The Bertz CT molecular complexity index is 736. The Hall–Kier alpha value is -2.33. The first kappa shape index (κ1) is 19.4. The molecule has 1 unspecified atom stereocenters. The Kier molecular flexibility index (Phi) is 6.88. The lowest BCUT2D eigenvalue weighted by Crippen LogP contribution is -2.39. The molecule has 1 N–H and O–H groups in total. The second kappa shape index (κ2) is 9.56. The number of benzene rings is 2. The fraction of sp³-hybridized carbons (Fsp3) is 0.435. The number of urea groups is 1. The summed E-state index contributed by atoms with van der Waals surface area (Å²) < 4.78 is 5.79. The lowest BCUT2D eigenvalue weighted by Gasteiger charge is -2.27. The first-order valence-electron chi connectivity index (χ1n) is 10.0. The van der Waals surface area contributed by atoms with Crippen molar-refractivity contribution < 1.29 is 9.53 Å². The Morgan fingerprint density at radius 1 is 1.07 bits per heavy atom. The van der Waals surface area contributed by atoms with Crippen molar-refractivity contribution in [3.05, 3.63) is 65.2 Å². The standard InChI is InChI=1S/C23H30N2O2/c1-3-18-11-13-21(14-12-18)24-23(26)25(17-22-10-7-15-27-22)16-20-9-6-5-8-19(20)4-2/h5-6,8-9,11-14,22H,3-4,7,10,15-17H2,1-2H3,(H,24,26). The Balaban J connectivity index is 1.74. The van der Waals surface area contributed by atoms with Gasteiger partial charge in [0.25, 0.3) is 0 Å². The molecular weight excluding hydrogens is 336 g/mol. The summed E-state index contributed by atoms with van der Waals surface area (Å²) in [6.45, 7) is 6.30. The van der Waals surface area contributed by atoms with Crippen molar-refractivity contribution in [2.24, 2.45) is 0 Å². The molecule has 0 spiro atoms. The van der Waals surface area contributed by atoms with E-state index in [0.717, 1.165) is 38.0 Å². The number of rotatable bonds is 7. The minimum atomic E-state index is -0.0688. The molecule has 2 amide bonds. The fourth-order valence-corrected chi connectivity index (χ4v) is 3.54. The van der Waals surface area contributed by atoms with E-state index < -0.39 is 0 Å². The molecule has 0 saturated carbocycles. The summed E-state index contributed by atoms with van der Waals surface area (Å²) in [6, 6.07) is 16.4. The second-order valence-corrected chi connectivity index (χ2v) is 7.12. The third-order valence-corrected chi connectivity index (χ3v) is 5.21. The van der Waals surface area contributed by atoms with Gasteiger partial charge < -0.3 is 15.0 Å². The van der Waals surface area contributed by atoms with Gasteiger partial charge in [-0.2, -0.15) is 0 Å². The van der Waals surface area contributed by atoms with Crippen LogP contribution >= 0.6 is 0 Å². The molecule has 2 aromatic rings. The van der Waals surface area contributed by atoms with Crippen LogP contribution in [0, 0.1) is 0 Å². The molecule has 1 fully saturated rings. The molecule has 1 heterocycles. The van der Waals surface area contributed by atoms with E-state index in [1.54, 1.807) is 0 Å². The first-order valence-corrected chi connectivity index (χ1v) is 10.0. The van der Waals surface area contributed by atoms with Gasteiger partial charge in [-0.25, -0.2) is 4.79 Å². The zero-order valence-corrected chi connectivity index (χ0v) is 16.4. The van der Waals surface area contributed by atoms with Gasteiger partial charge >= 0.3 is 6.03 Å². The van der Waals surface area contributed by atoms with E-state index in [1.807, 2.05) is 23.1 Å². The number of nitrogens with one attached hydrogen (secondary N) is 1. The molecule has 0 bridgehead atoms. The topological polar surface area (TPSA) is 41.6 Å². The quantitative estimate of drug-likeness (QED) is 0.747. The lowest BCUT2D eigenvalue weighted by atomic mass is 10.0. The molecule has 144 valence electrons. The highest BCUT2D eigenvalue weighted by Crippen LogP contribution is 2.19. The molecule has 1 aliphatic rings. The summed E-state index contributed by atoms with van der Waals surface area (Å²) in [5, 5.41) is 3.06. The molecule has 4 nitrogen and oxygen atoms in total. The van der Waals surface area contributed by atoms with Crippen molar-refractivity contribution in [3.63, 3.8) is 0 Å². The molecular formula is C23H30N2O2. The highest BCUT2D eigenvalue weighted by Gasteiger charge is 2.23. The van der Waals surface area contributed by atoms with E-state index in [1.165, 1.54) is 16.7 Å². The lowest BCUT2D eigenvalue weighted by molar-refractivity contribution is 0.0818. The Morgan fingerprint density at radius 3 is 2.44 bits per heavy atom. The van der Waals surface area contributed by atoms with Crippen molar-refractivity contribution in [2.75, 3.05) is 18.5 Å². The second-order valence-electron chi connectivity index (χ2n) is 7.12. The SMILES string of the molecule is CCc1ccc(NC(=O)N(Cc2ccccc2CC)CC2CCCO2)cc1. The maximum absolute atomic E-state index is 13.0. The fourth-order valence-electron chi connectivity index (χ4n) is 3.54. The molecule has 4 heteroatoms. The summed E-state index contributed by atoms with van der Waals surface area (Å²) in [4.78, 5) is 14.9. The van der Waals surface area contributed by atoms with Crippen LogP contribution in [0.25, 0.3) is 0 Å². The van der Waals surface area contributed by atoms with E-state index in [4.69, 9.17) is 4.74 Å². The summed E-state index contributed by atoms with van der Waals surface area (Å²) in [5.74, 6) is 0. The molecule has 0 radical (unpaired) electrons. The number of carbonyl (C=O) groups is 1. The Labute approximate surface area is 162 Å². The zero-order chi connectivity index (χ0) is 19.1. The zero-order valence-electron chi connectivity index (χ0n) is 16.4. The van der Waals surface area contributed by atoms with E-state index in [2.05, 4.69) is 49.5 Å². The van der Waals surface area contributed by atoms with Crippen LogP contribution in [0.5, 0.6) is 0 Å². The first-order chi connectivity index (χ1) is 13.2. The van der Waals surface area contributed by atoms with Gasteiger partial charge in [-0.3, -0.25) is 0 Å². The molecule has 3 rings (SSSR count). The van der Waals surface area contributed by atoms with E-state index in [9.17, 15) is 4.79 Å². The number of hydrogen-bond acceptors (Lipinski definition) is 2. The van der Waals surface area contributed by atoms with Crippen LogP contribution < -0.4 is 5.32 Å². The van der Waals surface area contributed by atoms with E-state index in [0.29, 0.717) is 13.1 Å². The number of carbonyl (C=O) groups excluding carboxylic acids is 1. The number of aryl methyl sites for hydroxylation is 2. The molecule has 1 aliphatic heterocycles. The van der Waals surface area contributed by atoms with Crippen molar-refractivity contribution in [3.8, 4) is 0 Å². The van der Waals surface area contributed by atoms with Crippen LogP contribution in [-0.4, -0.2) is 30.2 Å². The average Bonchev–Trinajstić information content (AvgIpc) is 3.21. The smallest absolute Gasteiger partial charge is 0.322 e. The highest BCUT2D eigenvalue weighted by molar-refractivity contribution is 5.89. The van der Waals surface area contributed by atoms with E-state index in [-0.39, 0.29) is 12.1 Å².